The maximum Gasteiger partial charge on any atom is 0.234 e. The maximum absolute atomic E-state index is 12.0. The van der Waals surface area contributed by atoms with E-state index in [4.69, 9.17) is 4.74 Å². The zero-order valence-electron chi connectivity index (χ0n) is 12.8. The molecule has 6 heteroatoms. The number of nitrogens with one attached hydrogen (secondary N) is 1. The molecular formula is C16H22N2O3S. The molecule has 5 nitrogen and oxygen atoms in total. The Hall–Kier alpha value is -1.69. The first kappa shape index (κ1) is 16.7. The number of nitrogens with zero attached hydrogens (tertiary/aromatic N) is 1. The van der Waals surface area contributed by atoms with Gasteiger partial charge in [0.15, 0.2) is 0 Å². The van der Waals surface area contributed by atoms with Crippen molar-refractivity contribution in [3.63, 3.8) is 0 Å². The molecule has 2 amide bonds. The van der Waals surface area contributed by atoms with Gasteiger partial charge in [-0.1, -0.05) is 0 Å². The van der Waals surface area contributed by atoms with Gasteiger partial charge in [0.25, 0.3) is 0 Å². The van der Waals surface area contributed by atoms with E-state index >= 15 is 0 Å². The molecule has 1 aromatic carbocycles. The second-order valence-corrected chi connectivity index (χ2v) is 6.20. The van der Waals surface area contributed by atoms with Crippen LogP contribution in [0.3, 0.4) is 0 Å². The van der Waals surface area contributed by atoms with Crippen molar-refractivity contribution in [2.24, 2.45) is 0 Å². The molecule has 2 rings (SSSR count). The van der Waals surface area contributed by atoms with Gasteiger partial charge in [0.05, 0.1) is 18.6 Å². The van der Waals surface area contributed by atoms with Crippen molar-refractivity contribution in [2.75, 3.05) is 37.0 Å². The molecule has 1 aliphatic heterocycles. The number of hydrogen-bond donors (Lipinski definition) is 1. The first-order valence-electron chi connectivity index (χ1n) is 7.48. The van der Waals surface area contributed by atoms with Gasteiger partial charge in [-0.15, -0.1) is 11.8 Å². The SMILES string of the molecule is COc1ccc(NC(=O)CSCC(=O)N2CCCCC2)cc1. The number of benzene rings is 1. The van der Waals surface area contributed by atoms with Gasteiger partial charge in [-0.25, -0.2) is 0 Å². The number of methoxy groups -OCH3 is 1. The van der Waals surface area contributed by atoms with Crippen molar-refractivity contribution in [1.82, 2.24) is 4.90 Å². The van der Waals surface area contributed by atoms with E-state index < -0.39 is 0 Å². The standard InChI is InChI=1S/C16H22N2O3S/c1-21-14-7-5-13(6-8-14)17-15(19)11-22-12-16(20)18-9-3-2-4-10-18/h5-8H,2-4,9-12H2,1H3,(H,17,19). The molecule has 0 radical (unpaired) electrons. The van der Waals surface area contributed by atoms with Crippen LogP contribution in [0.2, 0.25) is 0 Å². The second-order valence-electron chi connectivity index (χ2n) is 5.21. The number of piperidine rings is 1. The molecular weight excluding hydrogens is 300 g/mol. The van der Waals surface area contributed by atoms with Crippen molar-refractivity contribution in [3.8, 4) is 5.75 Å². The van der Waals surface area contributed by atoms with Gasteiger partial charge in [-0.2, -0.15) is 0 Å². The molecule has 0 unspecified atom stereocenters. The number of carbonyl (C=O) groups excluding carboxylic acids is 2. The Kier molecular flexibility index (Phi) is 6.58. The van der Waals surface area contributed by atoms with Crippen molar-refractivity contribution < 1.29 is 14.3 Å². The Morgan fingerprint density at radius 2 is 1.82 bits per heavy atom. The van der Waals surface area contributed by atoms with Crippen molar-refractivity contribution in [3.05, 3.63) is 24.3 Å². The van der Waals surface area contributed by atoms with E-state index in [0.29, 0.717) is 5.75 Å². The number of likely N-dealkylation sites (tertiary alicyclic amines) is 1. The minimum absolute atomic E-state index is 0.0957. The molecule has 120 valence electrons. The summed E-state index contributed by atoms with van der Waals surface area (Å²) in [5.74, 6) is 1.45. The Bertz CT molecular complexity index is 499. The molecule has 1 fully saturated rings. The van der Waals surface area contributed by atoms with Crippen LogP contribution in [0.25, 0.3) is 0 Å². The summed E-state index contributed by atoms with van der Waals surface area (Å²) in [6, 6.07) is 7.17. The van der Waals surface area contributed by atoms with Gasteiger partial charge in [0.1, 0.15) is 5.75 Å². The Balaban J connectivity index is 1.67. The molecule has 0 spiro atoms. The normalized spacial score (nSPS) is 14.5. The summed E-state index contributed by atoms with van der Waals surface area (Å²) < 4.78 is 5.06. The van der Waals surface area contributed by atoms with Crippen LogP contribution in [0.15, 0.2) is 24.3 Å². The predicted octanol–water partition coefficient (Wildman–Crippen LogP) is 2.38. The van der Waals surface area contributed by atoms with Crippen LogP contribution >= 0.6 is 11.8 Å². The van der Waals surface area contributed by atoms with Crippen molar-refractivity contribution >= 4 is 29.3 Å². The molecule has 1 saturated heterocycles. The highest BCUT2D eigenvalue weighted by atomic mass is 32.2. The first-order chi connectivity index (χ1) is 10.7. The summed E-state index contributed by atoms with van der Waals surface area (Å²) in [6.07, 6.45) is 3.39. The lowest BCUT2D eigenvalue weighted by Crippen LogP contribution is -2.37. The van der Waals surface area contributed by atoms with Gasteiger partial charge in [0, 0.05) is 18.8 Å². The maximum atomic E-state index is 12.0. The average Bonchev–Trinajstić information content (AvgIpc) is 2.56. The number of amides is 2. The molecule has 1 aromatic rings. The highest BCUT2D eigenvalue weighted by molar-refractivity contribution is 8.00. The van der Waals surface area contributed by atoms with E-state index in [1.807, 2.05) is 4.90 Å². The summed E-state index contributed by atoms with van der Waals surface area (Å²) in [4.78, 5) is 25.7. The number of ether oxygens (including phenoxy) is 1. The van der Waals surface area contributed by atoms with Gasteiger partial charge in [-0.3, -0.25) is 9.59 Å². The van der Waals surface area contributed by atoms with Crippen molar-refractivity contribution in [1.29, 1.82) is 0 Å². The lowest BCUT2D eigenvalue weighted by molar-refractivity contribution is -0.129. The highest BCUT2D eigenvalue weighted by Crippen LogP contribution is 2.16. The number of carbonyl (C=O) groups is 2. The van der Waals surface area contributed by atoms with Crippen LogP contribution < -0.4 is 10.1 Å². The molecule has 1 heterocycles. The van der Waals surface area contributed by atoms with Crippen LogP contribution in [0.4, 0.5) is 5.69 Å². The van der Waals surface area contributed by atoms with Gasteiger partial charge in [0.2, 0.25) is 11.8 Å². The molecule has 1 aliphatic rings. The summed E-state index contributed by atoms with van der Waals surface area (Å²) in [7, 11) is 1.60. The van der Waals surface area contributed by atoms with Gasteiger partial charge < -0.3 is 15.0 Å². The predicted molar refractivity (Wildman–Crippen MR) is 89.4 cm³/mol. The van der Waals surface area contributed by atoms with E-state index in [1.165, 1.54) is 18.2 Å². The third-order valence-electron chi connectivity index (χ3n) is 3.54. The molecule has 1 N–H and O–H groups in total. The molecule has 22 heavy (non-hydrogen) atoms. The monoisotopic (exact) mass is 322 g/mol. The fraction of sp³-hybridized carbons (Fsp3) is 0.500. The van der Waals surface area contributed by atoms with E-state index in [1.54, 1.807) is 31.4 Å². The van der Waals surface area contributed by atoms with Crippen molar-refractivity contribution in [2.45, 2.75) is 19.3 Å². The van der Waals surface area contributed by atoms with Gasteiger partial charge in [-0.05, 0) is 43.5 Å². The quantitative estimate of drug-likeness (QED) is 0.873. The topological polar surface area (TPSA) is 58.6 Å². The van der Waals surface area contributed by atoms with E-state index in [0.717, 1.165) is 37.4 Å². The highest BCUT2D eigenvalue weighted by Gasteiger charge is 2.16. The van der Waals surface area contributed by atoms with E-state index in [-0.39, 0.29) is 17.6 Å². The molecule has 0 saturated carbocycles. The smallest absolute Gasteiger partial charge is 0.234 e. The lowest BCUT2D eigenvalue weighted by Gasteiger charge is -2.26. The lowest BCUT2D eigenvalue weighted by atomic mass is 10.1. The largest absolute Gasteiger partial charge is 0.497 e. The fourth-order valence-electron chi connectivity index (χ4n) is 2.34. The van der Waals surface area contributed by atoms with E-state index in [9.17, 15) is 9.59 Å². The third-order valence-corrected chi connectivity index (χ3v) is 4.46. The zero-order valence-corrected chi connectivity index (χ0v) is 13.7. The Morgan fingerprint density at radius 1 is 1.14 bits per heavy atom. The van der Waals surface area contributed by atoms with Crippen LogP contribution in [0.1, 0.15) is 19.3 Å². The average molecular weight is 322 g/mol. The minimum Gasteiger partial charge on any atom is -0.497 e. The second kappa shape index (κ2) is 8.68. The fourth-order valence-corrected chi connectivity index (χ4v) is 3.05. The number of hydrogen-bond acceptors (Lipinski definition) is 4. The Labute approximate surface area is 135 Å². The van der Waals surface area contributed by atoms with E-state index in [2.05, 4.69) is 5.32 Å². The summed E-state index contributed by atoms with van der Waals surface area (Å²) in [6.45, 7) is 1.72. The van der Waals surface area contributed by atoms with Crippen LogP contribution in [0.5, 0.6) is 5.75 Å². The number of thioether (sulfide) groups is 1. The zero-order chi connectivity index (χ0) is 15.8. The number of anilines is 1. The third kappa shape index (κ3) is 5.26. The number of rotatable bonds is 6. The summed E-state index contributed by atoms with van der Waals surface area (Å²) >= 11 is 1.36. The summed E-state index contributed by atoms with van der Waals surface area (Å²) in [5, 5.41) is 2.81. The molecule has 0 aromatic heterocycles. The van der Waals surface area contributed by atoms with Crippen LogP contribution in [-0.4, -0.2) is 48.4 Å². The van der Waals surface area contributed by atoms with Crippen LogP contribution in [-0.2, 0) is 9.59 Å². The minimum atomic E-state index is -0.0957. The Morgan fingerprint density at radius 3 is 2.45 bits per heavy atom. The molecule has 0 bridgehead atoms. The first-order valence-corrected chi connectivity index (χ1v) is 8.64. The summed E-state index contributed by atoms with van der Waals surface area (Å²) in [5.41, 5.74) is 0.730. The molecule has 0 aliphatic carbocycles. The van der Waals surface area contributed by atoms with Gasteiger partial charge >= 0.3 is 0 Å². The van der Waals surface area contributed by atoms with Crippen LogP contribution in [0, 0.1) is 0 Å². The molecule has 0 atom stereocenters.